The first-order valence-corrected chi connectivity index (χ1v) is 9.10. The lowest BCUT2D eigenvalue weighted by molar-refractivity contribution is 0.0935. The Bertz CT molecular complexity index is 855. The average Bonchev–Trinajstić information content (AvgIpc) is 2.89. The molecule has 1 aromatic carbocycles. The number of nitrogens with one attached hydrogen (secondary N) is 2. The lowest BCUT2D eigenvalue weighted by atomic mass is 10.2. The zero-order chi connectivity index (χ0) is 17.2. The van der Waals surface area contributed by atoms with Crippen molar-refractivity contribution in [2.45, 2.75) is 12.5 Å². The van der Waals surface area contributed by atoms with Crippen LogP contribution >= 0.6 is 0 Å². The summed E-state index contributed by atoms with van der Waals surface area (Å²) in [6.07, 6.45) is 2.96. The van der Waals surface area contributed by atoms with Gasteiger partial charge in [-0.15, -0.1) is 0 Å². The molecule has 9 heteroatoms. The van der Waals surface area contributed by atoms with Crippen molar-refractivity contribution in [1.29, 1.82) is 0 Å². The lowest BCUT2D eigenvalue weighted by Gasteiger charge is -2.10. The number of carbonyl (C=O) groups is 1. The molecule has 1 aliphatic heterocycles. The van der Waals surface area contributed by atoms with Crippen molar-refractivity contribution in [1.82, 2.24) is 15.3 Å². The molecule has 2 aromatic rings. The third-order valence-electron chi connectivity index (χ3n) is 3.59. The van der Waals surface area contributed by atoms with Crippen molar-refractivity contribution < 1.29 is 17.6 Å². The third kappa shape index (κ3) is 3.85. The van der Waals surface area contributed by atoms with E-state index in [9.17, 15) is 17.6 Å². The van der Waals surface area contributed by atoms with Crippen LogP contribution in [0.1, 0.15) is 16.9 Å². The lowest BCUT2D eigenvalue weighted by Crippen LogP contribution is -2.36. The second kappa shape index (κ2) is 6.52. The summed E-state index contributed by atoms with van der Waals surface area (Å²) in [6, 6.07) is 5.71. The number of rotatable bonds is 4. The van der Waals surface area contributed by atoms with E-state index >= 15 is 0 Å². The zero-order valence-electron chi connectivity index (χ0n) is 12.6. The van der Waals surface area contributed by atoms with E-state index in [4.69, 9.17) is 0 Å². The highest BCUT2D eigenvalue weighted by Gasteiger charge is 2.29. The van der Waals surface area contributed by atoms with Crippen molar-refractivity contribution in [3.05, 3.63) is 48.2 Å². The van der Waals surface area contributed by atoms with E-state index < -0.39 is 27.6 Å². The monoisotopic (exact) mass is 350 g/mol. The van der Waals surface area contributed by atoms with Crippen LogP contribution in [0.2, 0.25) is 0 Å². The summed E-state index contributed by atoms with van der Waals surface area (Å²) < 4.78 is 36.3. The zero-order valence-corrected chi connectivity index (χ0v) is 13.4. The van der Waals surface area contributed by atoms with Gasteiger partial charge in [0.1, 0.15) is 17.3 Å². The van der Waals surface area contributed by atoms with Gasteiger partial charge in [-0.05, 0) is 18.6 Å². The number of hydrogen-bond acceptors (Lipinski definition) is 6. The van der Waals surface area contributed by atoms with E-state index in [1.165, 1.54) is 18.5 Å². The van der Waals surface area contributed by atoms with Gasteiger partial charge >= 0.3 is 0 Å². The maximum absolute atomic E-state index is 13.5. The summed E-state index contributed by atoms with van der Waals surface area (Å²) >= 11 is 0. The third-order valence-corrected chi connectivity index (χ3v) is 5.36. The number of anilines is 2. The van der Waals surface area contributed by atoms with Crippen LogP contribution in [-0.4, -0.2) is 41.8 Å². The molecule has 0 saturated carbocycles. The summed E-state index contributed by atoms with van der Waals surface area (Å²) in [5, 5.41) is 5.39. The number of amides is 1. The molecule has 0 radical (unpaired) electrons. The Morgan fingerprint density at radius 1 is 1.21 bits per heavy atom. The summed E-state index contributed by atoms with van der Waals surface area (Å²) in [5.74, 6) is -0.598. The fourth-order valence-electron chi connectivity index (χ4n) is 2.38. The first kappa shape index (κ1) is 16.3. The molecule has 7 nitrogen and oxygen atoms in total. The van der Waals surface area contributed by atoms with Gasteiger partial charge in [-0.3, -0.25) is 4.79 Å². The number of carbonyl (C=O) groups excluding carboxylic acids is 1. The van der Waals surface area contributed by atoms with Gasteiger partial charge in [0, 0.05) is 6.04 Å². The van der Waals surface area contributed by atoms with Gasteiger partial charge in [0.25, 0.3) is 5.91 Å². The largest absolute Gasteiger partial charge is 0.347 e. The molecule has 0 bridgehead atoms. The molecule has 24 heavy (non-hydrogen) atoms. The molecule has 1 fully saturated rings. The fourth-order valence-corrected chi connectivity index (χ4v) is 4.05. The van der Waals surface area contributed by atoms with E-state index in [0.29, 0.717) is 12.2 Å². The maximum atomic E-state index is 13.5. The quantitative estimate of drug-likeness (QED) is 0.861. The second-order valence-corrected chi connectivity index (χ2v) is 7.69. The number of sulfone groups is 1. The molecule has 2 N–H and O–H groups in total. The molecular formula is C15H15FN4O3S. The van der Waals surface area contributed by atoms with Gasteiger partial charge in [0.2, 0.25) is 0 Å². The summed E-state index contributed by atoms with van der Waals surface area (Å²) in [6.45, 7) is 0. The summed E-state index contributed by atoms with van der Waals surface area (Å²) in [7, 11) is -3.06. The maximum Gasteiger partial charge on any atom is 0.271 e. The SMILES string of the molecule is O=C(NC1CCS(=O)(=O)C1)c1cnc(Nc2ccccc2F)cn1. The predicted molar refractivity (Wildman–Crippen MR) is 86.2 cm³/mol. The van der Waals surface area contributed by atoms with Gasteiger partial charge in [0.15, 0.2) is 9.84 Å². The molecule has 1 saturated heterocycles. The molecule has 1 aromatic heterocycles. The molecule has 3 rings (SSSR count). The normalized spacial score (nSPS) is 19.0. The highest BCUT2D eigenvalue weighted by atomic mass is 32.2. The standard InChI is InChI=1S/C15H15FN4O3S/c16-11-3-1-2-4-12(11)20-14-8-17-13(7-18-14)15(21)19-10-5-6-24(22,23)9-10/h1-4,7-8,10H,5-6,9H2,(H,18,20)(H,19,21). The van der Waals surface area contributed by atoms with Crippen LogP contribution in [0.25, 0.3) is 0 Å². The molecule has 1 unspecified atom stereocenters. The van der Waals surface area contributed by atoms with Crippen LogP contribution in [0.5, 0.6) is 0 Å². The van der Waals surface area contributed by atoms with Crippen molar-refractivity contribution in [2.24, 2.45) is 0 Å². The van der Waals surface area contributed by atoms with Crippen LogP contribution in [-0.2, 0) is 9.84 Å². The number of benzene rings is 1. The minimum absolute atomic E-state index is 0.0565. The van der Waals surface area contributed by atoms with Crippen LogP contribution in [0, 0.1) is 5.82 Å². The van der Waals surface area contributed by atoms with Crippen LogP contribution in [0.3, 0.4) is 0 Å². The van der Waals surface area contributed by atoms with Crippen molar-refractivity contribution in [3.63, 3.8) is 0 Å². The minimum atomic E-state index is -3.06. The van der Waals surface area contributed by atoms with Gasteiger partial charge in [-0.2, -0.15) is 0 Å². The molecular weight excluding hydrogens is 335 g/mol. The number of hydrogen-bond donors (Lipinski definition) is 2. The highest BCUT2D eigenvalue weighted by Crippen LogP contribution is 2.17. The Morgan fingerprint density at radius 3 is 2.62 bits per heavy atom. The van der Waals surface area contributed by atoms with E-state index in [1.807, 2.05) is 0 Å². The topological polar surface area (TPSA) is 101 Å². The number of nitrogens with zero attached hydrogens (tertiary/aromatic N) is 2. The Labute approximate surface area is 138 Å². The van der Waals surface area contributed by atoms with E-state index in [2.05, 4.69) is 20.6 Å². The van der Waals surface area contributed by atoms with E-state index in [-0.39, 0.29) is 22.9 Å². The Hall–Kier alpha value is -2.55. The molecule has 1 atom stereocenters. The highest BCUT2D eigenvalue weighted by molar-refractivity contribution is 7.91. The van der Waals surface area contributed by atoms with Crippen molar-refractivity contribution in [3.8, 4) is 0 Å². The Kier molecular flexibility index (Phi) is 4.43. The second-order valence-electron chi connectivity index (χ2n) is 5.47. The minimum Gasteiger partial charge on any atom is -0.347 e. The Morgan fingerprint density at radius 2 is 2.00 bits per heavy atom. The molecule has 126 valence electrons. The van der Waals surface area contributed by atoms with Crippen molar-refractivity contribution >= 4 is 27.2 Å². The van der Waals surface area contributed by atoms with E-state index in [0.717, 1.165) is 0 Å². The van der Waals surface area contributed by atoms with Gasteiger partial charge in [0.05, 0.1) is 29.6 Å². The summed E-state index contributed by atoms with van der Waals surface area (Å²) in [4.78, 5) is 20.0. The van der Waals surface area contributed by atoms with Crippen LogP contribution < -0.4 is 10.6 Å². The molecule has 0 spiro atoms. The molecule has 0 aliphatic carbocycles. The van der Waals surface area contributed by atoms with Crippen LogP contribution in [0.15, 0.2) is 36.7 Å². The molecule has 2 heterocycles. The number of para-hydroxylation sites is 1. The smallest absolute Gasteiger partial charge is 0.271 e. The summed E-state index contributed by atoms with van der Waals surface area (Å²) in [5.41, 5.74) is 0.318. The van der Waals surface area contributed by atoms with Crippen LogP contribution in [0.4, 0.5) is 15.9 Å². The Balaban J connectivity index is 1.64. The number of aromatic nitrogens is 2. The molecule has 1 amide bonds. The van der Waals surface area contributed by atoms with Gasteiger partial charge in [-0.1, -0.05) is 12.1 Å². The van der Waals surface area contributed by atoms with Crippen molar-refractivity contribution in [2.75, 3.05) is 16.8 Å². The fraction of sp³-hybridized carbons (Fsp3) is 0.267. The van der Waals surface area contributed by atoms with E-state index in [1.54, 1.807) is 18.2 Å². The molecule has 1 aliphatic rings. The first-order valence-electron chi connectivity index (χ1n) is 7.28. The number of halogens is 1. The average molecular weight is 350 g/mol. The van der Waals surface area contributed by atoms with Gasteiger partial charge < -0.3 is 10.6 Å². The predicted octanol–water partition coefficient (Wildman–Crippen LogP) is 1.28. The first-order chi connectivity index (χ1) is 11.4. The van der Waals surface area contributed by atoms with Gasteiger partial charge in [-0.25, -0.2) is 22.8 Å².